The molecule has 16 heavy (non-hydrogen) atoms. The monoisotopic (exact) mass is 220 g/mol. The lowest BCUT2D eigenvalue weighted by Gasteiger charge is -2.15. The van der Waals surface area contributed by atoms with Crippen LogP contribution in [-0.4, -0.2) is 5.78 Å². The largest absolute Gasteiger partial charge is 0.326 e. The average molecular weight is 220 g/mol. The van der Waals surface area contributed by atoms with Gasteiger partial charge in [-0.05, 0) is 23.6 Å². The van der Waals surface area contributed by atoms with Crippen LogP contribution >= 0.6 is 0 Å². The van der Waals surface area contributed by atoms with Crippen LogP contribution in [0.4, 0.5) is 0 Å². The van der Waals surface area contributed by atoms with Crippen LogP contribution in [0.5, 0.6) is 0 Å². The molecule has 1 rings (SSSR count). The lowest BCUT2D eigenvalue weighted by atomic mass is 9.91. The molecule has 0 unspecified atom stereocenters. The third-order valence-electron chi connectivity index (χ3n) is 2.92. The quantitative estimate of drug-likeness (QED) is 0.759. The predicted octanol–water partition coefficient (Wildman–Crippen LogP) is 1.75. The van der Waals surface area contributed by atoms with Gasteiger partial charge in [0.2, 0.25) is 0 Å². The van der Waals surface area contributed by atoms with E-state index in [1.807, 2.05) is 32.9 Å². The molecule has 0 radical (unpaired) electrons. The van der Waals surface area contributed by atoms with Crippen molar-refractivity contribution >= 4 is 5.78 Å². The highest BCUT2D eigenvalue weighted by Gasteiger charge is 2.16. The molecule has 0 aliphatic rings. The predicted molar refractivity (Wildman–Crippen MR) is 66.1 cm³/mol. The van der Waals surface area contributed by atoms with Gasteiger partial charge in [-0.25, -0.2) is 0 Å². The van der Waals surface area contributed by atoms with Gasteiger partial charge in [-0.15, -0.1) is 0 Å². The molecule has 88 valence electrons. The molecule has 0 bridgehead atoms. The fourth-order valence-corrected chi connectivity index (χ4v) is 1.83. The molecule has 0 fully saturated rings. The molecule has 1 aromatic rings. The maximum absolute atomic E-state index is 12.0. The van der Waals surface area contributed by atoms with E-state index in [2.05, 4.69) is 0 Å². The molecule has 0 atom stereocenters. The SMILES string of the molecule is Cc1c(CN)ccc(C(=O)C(C)C)c1CN. The number of hydrogen-bond donors (Lipinski definition) is 2. The maximum Gasteiger partial charge on any atom is 0.165 e. The van der Waals surface area contributed by atoms with E-state index in [0.29, 0.717) is 13.1 Å². The Hall–Kier alpha value is -1.19. The van der Waals surface area contributed by atoms with Gasteiger partial charge in [0.05, 0.1) is 0 Å². The second-order valence-electron chi connectivity index (χ2n) is 4.30. The summed E-state index contributed by atoms with van der Waals surface area (Å²) in [6.45, 7) is 6.63. The van der Waals surface area contributed by atoms with E-state index in [0.717, 1.165) is 22.3 Å². The van der Waals surface area contributed by atoms with Gasteiger partial charge < -0.3 is 11.5 Å². The lowest BCUT2D eigenvalue weighted by Crippen LogP contribution is -2.15. The molecule has 0 spiro atoms. The molecule has 3 nitrogen and oxygen atoms in total. The highest BCUT2D eigenvalue weighted by molar-refractivity contribution is 5.99. The number of benzene rings is 1. The summed E-state index contributed by atoms with van der Waals surface area (Å²) in [7, 11) is 0. The van der Waals surface area contributed by atoms with Gasteiger partial charge in [0, 0.05) is 24.6 Å². The van der Waals surface area contributed by atoms with Crippen LogP contribution in [0.2, 0.25) is 0 Å². The molecule has 0 saturated heterocycles. The molecule has 0 aliphatic heterocycles. The molecule has 0 heterocycles. The van der Waals surface area contributed by atoms with Crippen molar-refractivity contribution in [3.8, 4) is 0 Å². The summed E-state index contributed by atoms with van der Waals surface area (Å²) in [6, 6.07) is 3.77. The van der Waals surface area contributed by atoms with E-state index in [1.165, 1.54) is 0 Å². The summed E-state index contributed by atoms with van der Waals surface area (Å²) < 4.78 is 0. The Morgan fingerprint density at radius 3 is 2.31 bits per heavy atom. The van der Waals surface area contributed by atoms with Crippen molar-refractivity contribution < 1.29 is 4.79 Å². The Bertz CT molecular complexity index is 397. The van der Waals surface area contributed by atoms with Gasteiger partial charge in [-0.3, -0.25) is 4.79 Å². The van der Waals surface area contributed by atoms with Crippen molar-refractivity contribution in [1.29, 1.82) is 0 Å². The Kier molecular flexibility index (Phi) is 4.21. The Labute approximate surface area is 96.8 Å². The van der Waals surface area contributed by atoms with Crippen LogP contribution in [0.1, 0.15) is 40.9 Å². The lowest BCUT2D eigenvalue weighted by molar-refractivity contribution is 0.0938. The zero-order valence-electron chi connectivity index (χ0n) is 10.2. The first kappa shape index (κ1) is 12.9. The van der Waals surface area contributed by atoms with E-state index < -0.39 is 0 Å². The van der Waals surface area contributed by atoms with E-state index in [9.17, 15) is 4.79 Å². The molecule has 3 heteroatoms. The molecule has 0 aliphatic carbocycles. The fraction of sp³-hybridized carbons (Fsp3) is 0.462. The van der Waals surface area contributed by atoms with E-state index >= 15 is 0 Å². The first-order valence-electron chi connectivity index (χ1n) is 5.58. The second-order valence-corrected chi connectivity index (χ2v) is 4.30. The summed E-state index contributed by atoms with van der Waals surface area (Å²) in [5.41, 5.74) is 15.1. The first-order valence-corrected chi connectivity index (χ1v) is 5.58. The average Bonchev–Trinajstić information content (AvgIpc) is 2.27. The summed E-state index contributed by atoms with van der Waals surface area (Å²) in [5, 5.41) is 0. The van der Waals surface area contributed by atoms with Gasteiger partial charge in [0.25, 0.3) is 0 Å². The van der Waals surface area contributed by atoms with Gasteiger partial charge in [0.15, 0.2) is 5.78 Å². The number of hydrogen-bond acceptors (Lipinski definition) is 3. The van der Waals surface area contributed by atoms with Crippen molar-refractivity contribution in [3.63, 3.8) is 0 Å². The van der Waals surface area contributed by atoms with Crippen molar-refractivity contribution in [2.24, 2.45) is 17.4 Å². The number of rotatable bonds is 4. The van der Waals surface area contributed by atoms with Gasteiger partial charge in [0.1, 0.15) is 0 Å². The minimum absolute atomic E-state index is 0.00609. The molecular weight excluding hydrogens is 200 g/mol. The minimum atomic E-state index is -0.00609. The van der Waals surface area contributed by atoms with E-state index in [1.54, 1.807) is 0 Å². The summed E-state index contributed by atoms with van der Waals surface area (Å²) in [4.78, 5) is 12.0. The van der Waals surface area contributed by atoms with Crippen molar-refractivity contribution in [2.75, 3.05) is 0 Å². The molecule has 0 amide bonds. The third kappa shape index (κ3) is 2.31. The third-order valence-corrected chi connectivity index (χ3v) is 2.92. The van der Waals surface area contributed by atoms with Crippen molar-refractivity contribution in [1.82, 2.24) is 0 Å². The van der Waals surface area contributed by atoms with Crippen LogP contribution in [0, 0.1) is 12.8 Å². The van der Waals surface area contributed by atoms with E-state index in [4.69, 9.17) is 11.5 Å². The molecule has 4 N–H and O–H groups in total. The fourth-order valence-electron chi connectivity index (χ4n) is 1.83. The van der Waals surface area contributed by atoms with Crippen LogP contribution in [-0.2, 0) is 13.1 Å². The minimum Gasteiger partial charge on any atom is -0.326 e. The number of carbonyl (C=O) groups excluding carboxylic acids is 1. The Morgan fingerprint density at radius 2 is 1.88 bits per heavy atom. The first-order chi connectivity index (χ1) is 7.52. The Balaban J connectivity index is 3.31. The topological polar surface area (TPSA) is 69.1 Å². The van der Waals surface area contributed by atoms with Crippen LogP contribution in [0.15, 0.2) is 12.1 Å². The summed E-state index contributed by atoms with van der Waals surface area (Å²) in [5.74, 6) is 0.139. The van der Waals surface area contributed by atoms with Crippen LogP contribution < -0.4 is 11.5 Å². The van der Waals surface area contributed by atoms with Crippen molar-refractivity contribution in [2.45, 2.75) is 33.9 Å². The van der Waals surface area contributed by atoms with Crippen molar-refractivity contribution in [3.05, 3.63) is 34.4 Å². The van der Waals surface area contributed by atoms with Gasteiger partial charge in [-0.2, -0.15) is 0 Å². The number of ketones is 1. The zero-order valence-corrected chi connectivity index (χ0v) is 10.2. The molecule has 1 aromatic carbocycles. The van der Waals surface area contributed by atoms with Crippen LogP contribution in [0.3, 0.4) is 0 Å². The number of Topliss-reactive ketones (excluding diaryl/α,β-unsaturated/α-hetero) is 1. The van der Waals surface area contributed by atoms with E-state index in [-0.39, 0.29) is 11.7 Å². The number of nitrogens with two attached hydrogens (primary N) is 2. The molecule has 0 aromatic heterocycles. The highest BCUT2D eigenvalue weighted by Crippen LogP contribution is 2.21. The maximum atomic E-state index is 12.0. The number of carbonyl (C=O) groups is 1. The van der Waals surface area contributed by atoms with Gasteiger partial charge >= 0.3 is 0 Å². The summed E-state index contributed by atoms with van der Waals surface area (Å²) >= 11 is 0. The molecule has 0 saturated carbocycles. The van der Waals surface area contributed by atoms with Crippen LogP contribution in [0.25, 0.3) is 0 Å². The molecular formula is C13H20N2O. The second kappa shape index (κ2) is 5.23. The smallest absolute Gasteiger partial charge is 0.165 e. The zero-order chi connectivity index (χ0) is 12.3. The standard InChI is InChI=1S/C13H20N2O/c1-8(2)13(16)11-5-4-10(6-14)9(3)12(11)7-15/h4-5,8H,6-7,14-15H2,1-3H3. The Morgan fingerprint density at radius 1 is 1.25 bits per heavy atom. The highest BCUT2D eigenvalue weighted by atomic mass is 16.1. The van der Waals surface area contributed by atoms with Gasteiger partial charge in [-0.1, -0.05) is 26.0 Å². The summed E-state index contributed by atoms with van der Waals surface area (Å²) in [6.07, 6.45) is 0. The normalized spacial score (nSPS) is 10.9.